The molecule has 0 spiro atoms. The maximum absolute atomic E-state index is 13.4. The number of carbonyl (C=O) groups is 1. The van der Waals surface area contributed by atoms with Crippen molar-refractivity contribution in [2.45, 2.75) is 13.3 Å². The molecule has 0 atom stereocenters. The van der Waals surface area contributed by atoms with Crippen LogP contribution in [0.1, 0.15) is 12.5 Å². The van der Waals surface area contributed by atoms with Crippen LogP contribution in [0.5, 0.6) is 0 Å². The predicted octanol–water partition coefficient (Wildman–Crippen LogP) is 1.50. The van der Waals surface area contributed by atoms with E-state index in [0.717, 1.165) is 12.1 Å². The van der Waals surface area contributed by atoms with Crippen molar-refractivity contribution in [1.29, 1.82) is 0 Å². The summed E-state index contributed by atoms with van der Waals surface area (Å²) in [5.74, 6) is -1.81. The summed E-state index contributed by atoms with van der Waals surface area (Å²) in [6.45, 7) is 1.36. The van der Waals surface area contributed by atoms with Crippen LogP contribution in [0.25, 0.3) is 0 Å². The average molecular weight is 229 g/mol. The summed E-state index contributed by atoms with van der Waals surface area (Å²) in [5.41, 5.74) is 0.0263. The Kier molecular flexibility index (Phi) is 4.37. The molecule has 3 nitrogen and oxygen atoms in total. The molecule has 5 heteroatoms. The van der Waals surface area contributed by atoms with Crippen LogP contribution < -0.4 is 5.32 Å². The number of benzene rings is 1. The van der Waals surface area contributed by atoms with Crippen molar-refractivity contribution in [1.82, 2.24) is 0 Å². The summed E-state index contributed by atoms with van der Waals surface area (Å²) in [7, 11) is 0. The first-order chi connectivity index (χ1) is 7.54. The van der Waals surface area contributed by atoms with Crippen molar-refractivity contribution in [3.63, 3.8) is 0 Å². The molecule has 1 aromatic carbocycles. The van der Waals surface area contributed by atoms with Crippen LogP contribution in [0.3, 0.4) is 0 Å². The minimum Gasteiger partial charge on any atom is -0.395 e. The van der Waals surface area contributed by atoms with Crippen molar-refractivity contribution in [2.75, 3.05) is 18.5 Å². The maximum atomic E-state index is 13.4. The molecular formula is C11H13F2NO2. The number of aliphatic hydroxyl groups is 1. The van der Waals surface area contributed by atoms with Gasteiger partial charge in [-0.25, -0.2) is 8.78 Å². The minimum absolute atomic E-state index is 0.127. The van der Waals surface area contributed by atoms with Crippen molar-refractivity contribution in [2.24, 2.45) is 0 Å². The first kappa shape index (κ1) is 12.6. The Hall–Kier alpha value is -1.49. The molecule has 0 aliphatic rings. The molecule has 0 saturated heterocycles. The Morgan fingerprint density at radius 1 is 1.38 bits per heavy atom. The van der Waals surface area contributed by atoms with Crippen LogP contribution in [0.15, 0.2) is 12.1 Å². The lowest BCUT2D eigenvalue weighted by Crippen LogP contribution is -2.08. The molecule has 88 valence electrons. The highest BCUT2D eigenvalue weighted by molar-refractivity contribution is 5.78. The fraction of sp³-hybridized carbons (Fsp3) is 0.364. The van der Waals surface area contributed by atoms with Gasteiger partial charge >= 0.3 is 0 Å². The van der Waals surface area contributed by atoms with E-state index in [9.17, 15) is 13.6 Å². The molecule has 0 radical (unpaired) electrons. The van der Waals surface area contributed by atoms with E-state index < -0.39 is 11.6 Å². The molecule has 0 aromatic heterocycles. The Morgan fingerprint density at radius 2 is 1.94 bits per heavy atom. The lowest BCUT2D eigenvalue weighted by molar-refractivity contribution is -0.116. The number of ketones is 1. The number of nitrogens with one attached hydrogen (secondary N) is 1. The van der Waals surface area contributed by atoms with Gasteiger partial charge < -0.3 is 10.4 Å². The second kappa shape index (κ2) is 5.55. The van der Waals surface area contributed by atoms with Gasteiger partial charge in [0.15, 0.2) is 0 Å². The van der Waals surface area contributed by atoms with Crippen molar-refractivity contribution in [3.8, 4) is 0 Å². The Morgan fingerprint density at radius 3 is 2.38 bits per heavy atom. The van der Waals surface area contributed by atoms with Crippen molar-refractivity contribution in [3.05, 3.63) is 29.3 Å². The first-order valence-corrected chi connectivity index (χ1v) is 4.86. The fourth-order valence-corrected chi connectivity index (χ4v) is 1.32. The summed E-state index contributed by atoms with van der Waals surface area (Å²) >= 11 is 0. The van der Waals surface area contributed by atoms with E-state index in [1.165, 1.54) is 6.92 Å². The monoisotopic (exact) mass is 229 g/mol. The standard InChI is InChI=1S/C11H13F2NO2/c1-7(16)4-9-10(12)5-8(6-11(9)13)14-2-3-15/h5-6,14-15H,2-4H2,1H3. The Bertz CT molecular complexity index is 371. The molecule has 0 unspecified atom stereocenters. The van der Waals surface area contributed by atoms with Crippen LogP contribution in [-0.2, 0) is 11.2 Å². The van der Waals surface area contributed by atoms with Crippen LogP contribution in [-0.4, -0.2) is 24.0 Å². The third-order valence-corrected chi connectivity index (χ3v) is 2.01. The second-order valence-electron chi connectivity index (χ2n) is 3.45. The number of aliphatic hydroxyl groups excluding tert-OH is 1. The van der Waals surface area contributed by atoms with Gasteiger partial charge in [0.1, 0.15) is 17.4 Å². The molecule has 0 bridgehead atoms. The largest absolute Gasteiger partial charge is 0.395 e. The number of halogens is 2. The summed E-state index contributed by atoms with van der Waals surface area (Å²) in [6.07, 6.45) is -0.252. The van der Waals surface area contributed by atoms with Gasteiger partial charge in [0, 0.05) is 24.2 Å². The quantitative estimate of drug-likeness (QED) is 0.804. The van der Waals surface area contributed by atoms with Gasteiger partial charge in [-0.05, 0) is 19.1 Å². The molecule has 0 amide bonds. The molecule has 0 aliphatic heterocycles. The SMILES string of the molecule is CC(=O)Cc1c(F)cc(NCCO)cc1F. The fourth-order valence-electron chi connectivity index (χ4n) is 1.32. The second-order valence-corrected chi connectivity index (χ2v) is 3.45. The topological polar surface area (TPSA) is 49.3 Å². The number of hydrogen-bond donors (Lipinski definition) is 2. The molecule has 1 aromatic rings. The Balaban J connectivity index is 2.93. The van der Waals surface area contributed by atoms with Crippen LogP contribution in [0.2, 0.25) is 0 Å². The Labute approximate surface area is 92.1 Å². The van der Waals surface area contributed by atoms with Gasteiger partial charge in [0.05, 0.1) is 6.61 Å². The van der Waals surface area contributed by atoms with Crippen LogP contribution >= 0.6 is 0 Å². The highest BCUT2D eigenvalue weighted by Crippen LogP contribution is 2.19. The van der Waals surface area contributed by atoms with E-state index in [4.69, 9.17) is 5.11 Å². The molecular weight excluding hydrogens is 216 g/mol. The molecule has 0 saturated carbocycles. The van der Waals surface area contributed by atoms with E-state index >= 15 is 0 Å². The number of rotatable bonds is 5. The van der Waals surface area contributed by atoms with Gasteiger partial charge in [-0.1, -0.05) is 0 Å². The lowest BCUT2D eigenvalue weighted by atomic mass is 10.1. The smallest absolute Gasteiger partial charge is 0.134 e. The highest BCUT2D eigenvalue weighted by atomic mass is 19.1. The zero-order chi connectivity index (χ0) is 12.1. The van der Waals surface area contributed by atoms with Gasteiger partial charge in [0.2, 0.25) is 0 Å². The van der Waals surface area contributed by atoms with Crippen molar-refractivity contribution >= 4 is 11.5 Å². The molecule has 0 fully saturated rings. The summed E-state index contributed by atoms with van der Waals surface area (Å²) in [4.78, 5) is 10.8. The molecule has 1 rings (SSSR count). The van der Waals surface area contributed by atoms with E-state index in [0.29, 0.717) is 0 Å². The van der Waals surface area contributed by atoms with E-state index in [-0.39, 0.29) is 36.6 Å². The van der Waals surface area contributed by atoms with Gasteiger partial charge in [-0.15, -0.1) is 0 Å². The van der Waals surface area contributed by atoms with E-state index in [1.54, 1.807) is 0 Å². The van der Waals surface area contributed by atoms with E-state index in [1.807, 2.05) is 0 Å². The zero-order valence-electron chi connectivity index (χ0n) is 8.89. The summed E-state index contributed by atoms with van der Waals surface area (Å²) in [5, 5.41) is 11.2. The number of anilines is 1. The molecule has 16 heavy (non-hydrogen) atoms. The lowest BCUT2D eigenvalue weighted by Gasteiger charge is -2.08. The summed E-state index contributed by atoms with van der Waals surface area (Å²) < 4.78 is 26.8. The number of carbonyl (C=O) groups excluding carboxylic acids is 1. The van der Waals surface area contributed by atoms with Crippen LogP contribution in [0, 0.1) is 11.6 Å². The minimum atomic E-state index is -0.754. The number of hydrogen-bond acceptors (Lipinski definition) is 3. The molecule has 0 aliphatic carbocycles. The number of Topliss-reactive ketones (excluding diaryl/α,β-unsaturated/α-hetero) is 1. The third kappa shape index (κ3) is 3.27. The van der Waals surface area contributed by atoms with E-state index in [2.05, 4.69) is 5.32 Å². The van der Waals surface area contributed by atoms with Crippen molar-refractivity contribution < 1.29 is 18.7 Å². The highest BCUT2D eigenvalue weighted by Gasteiger charge is 2.12. The normalized spacial score (nSPS) is 10.2. The average Bonchev–Trinajstić information content (AvgIpc) is 2.20. The maximum Gasteiger partial charge on any atom is 0.134 e. The molecule has 0 heterocycles. The van der Waals surface area contributed by atoms with Crippen LogP contribution in [0.4, 0.5) is 14.5 Å². The van der Waals surface area contributed by atoms with Gasteiger partial charge in [-0.2, -0.15) is 0 Å². The summed E-state index contributed by atoms with van der Waals surface area (Å²) in [6, 6.07) is 2.22. The van der Waals surface area contributed by atoms with Gasteiger partial charge in [0.25, 0.3) is 0 Å². The third-order valence-electron chi connectivity index (χ3n) is 2.01. The zero-order valence-corrected chi connectivity index (χ0v) is 8.89. The first-order valence-electron chi connectivity index (χ1n) is 4.86. The predicted molar refractivity (Wildman–Crippen MR) is 56.3 cm³/mol. The van der Waals surface area contributed by atoms with Gasteiger partial charge in [-0.3, -0.25) is 4.79 Å². The molecule has 2 N–H and O–H groups in total.